The second kappa shape index (κ2) is 6.90. The number of hydrogen-bond acceptors (Lipinski definition) is 4. The molecule has 0 radical (unpaired) electrons. The first-order valence-corrected chi connectivity index (χ1v) is 6.72. The van der Waals surface area contributed by atoms with Crippen molar-refractivity contribution in [2.24, 2.45) is 12.8 Å². The van der Waals surface area contributed by atoms with E-state index in [-0.39, 0.29) is 12.5 Å². The molecule has 0 spiro atoms. The molecule has 0 unspecified atom stereocenters. The largest absolute Gasteiger partial charge is 0.483 e. The summed E-state index contributed by atoms with van der Waals surface area (Å²) in [5.41, 5.74) is 6.52. The summed E-state index contributed by atoms with van der Waals surface area (Å²) in [4.78, 5) is 17.9. The zero-order valence-corrected chi connectivity index (χ0v) is 12.3. The number of nitrogens with two attached hydrogens (primary N) is 1. The molecule has 1 amide bonds. The molecule has 6 heteroatoms. The van der Waals surface area contributed by atoms with Crippen molar-refractivity contribution >= 4 is 5.91 Å². The number of aromatic nitrogens is 2. The van der Waals surface area contributed by atoms with Crippen LogP contribution in [0.15, 0.2) is 36.7 Å². The van der Waals surface area contributed by atoms with Gasteiger partial charge in [0.25, 0.3) is 5.91 Å². The number of nitrogens with zero attached hydrogens (tertiary/aromatic N) is 3. The van der Waals surface area contributed by atoms with Gasteiger partial charge in [-0.1, -0.05) is 18.2 Å². The molecule has 1 aromatic heterocycles. The van der Waals surface area contributed by atoms with E-state index in [0.717, 1.165) is 11.4 Å². The number of carbonyl (C=O) groups excluding carboxylic acids is 1. The van der Waals surface area contributed by atoms with Crippen LogP contribution in [0.4, 0.5) is 0 Å². The van der Waals surface area contributed by atoms with Crippen LogP contribution in [-0.2, 0) is 24.9 Å². The first-order valence-electron chi connectivity index (χ1n) is 6.72. The molecule has 2 N–H and O–H groups in total. The molecule has 0 aliphatic rings. The summed E-state index contributed by atoms with van der Waals surface area (Å²) in [5, 5.41) is 0. The number of aryl methyl sites for hydroxylation is 1. The van der Waals surface area contributed by atoms with Crippen LogP contribution in [0.25, 0.3) is 0 Å². The third-order valence-electron chi connectivity index (χ3n) is 3.27. The lowest BCUT2D eigenvalue weighted by Gasteiger charge is -2.18. The lowest BCUT2D eigenvalue weighted by Crippen LogP contribution is -2.32. The van der Waals surface area contributed by atoms with Gasteiger partial charge < -0.3 is 19.9 Å². The number of carbonyl (C=O) groups is 1. The predicted molar refractivity (Wildman–Crippen MR) is 79.5 cm³/mol. The van der Waals surface area contributed by atoms with Crippen LogP contribution < -0.4 is 10.5 Å². The number of amides is 1. The van der Waals surface area contributed by atoms with E-state index < -0.39 is 0 Å². The van der Waals surface area contributed by atoms with Crippen LogP contribution in [0, 0.1) is 0 Å². The molecule has 112 valence electrons. The molecular formula is C15H20N4O2. The zero-order chi connectivity index (χ0) is 15.2. The van der Waals surface area contributed by atoms with Gasteiger partial charge in [-0.3, -0.25) is 4.79 Å². The van der Waals surface area contributed by atoms with Crippen LogP contribution in [0.2, 0.25) is 0 Å². The SMILES string of the molecule is CN(Cc1nccn1C)C(=O)COc1ccccc1CN. The molecule has 0 saturated carbocycles. The Balaban J connectivity index is 1.91. The Hall–Kier alpha value is -2.34. The number of ether oxygens (including phenoxy) is 1. The Kier molecular flexibility index (Phi) is 4.94. The van der Waals surface area contributed by atoms with Crippen LogP contribution in [0.3, 0.4) is 0 Å². The minimum Gasteiger partial charge on any atom is -0.483 e. The van der Waals surface area contributed by atoms with E-state index in [1.165, 1.54) is 0 Å². The van der Waals surface area contributed by atoms with Gasteiger partial charge >= 0.3 is 0 Å². The number of rotatable bonds is 6. The second-order valence-electron chi connectivity index (χ2n) is 4.80. The van der Waals surface area contributed by atoms with E-state index in [4.69, 9.17) is 10.5 Å². The summed E-state index contributed by atoms with van der Waals surface area (Å²) in [6.45, 7) is 0.815. The molecule has 1 aromatic carbocycles. The maximum Gasteiger partial charge on any atom is 0.260 e. The van der Waals surface area contributed by atoms with Crippen LogP contribution in [-0.4, -0.2) is 34.0 Å². The third-order valence-corrected chi connectivity index (χ3v) is 3.27. The minimum absolute atomic E-state index is 0.0159. The quantitative estimate of drug-likeness (QED) is 0.857. The summed E-state index contributed by atoms with van der Waals surface area (Å²) >= 11 is 0. The van der Waals surface area contributed by atoms with Crippen molar-refractivity contribution in [3.05, 3.63) is 48.0 Å². The summed E-state index contributed by atoms with van der Waals surface area (Å²) in [6, 6.07) is 7.45. The van der Waals surface area contributed by atoms with E-state index in [1.54, 1.807) is 18.1 Å². The molecule has 2 rings (SSSR count). The number of likely N-dealkylation sites (N-methyl/N-ethyl adjacent to an activating group) is 1. The van der Waals surface area contributed by atoms with E-state index >= 15 is 0 Å². The first-order chi connectivity index (χ1) is 10.1. The normalized spacial score (nSPS) is 10.4. The van der Waals surface area contributed by atoms with Crippen molar-refractivity contribution in [2.75, 3.05) is 13.7 Å². The molecule has 2 aromatic rings. The van der Waals surface area contributed by atoms with Gasteiger partial charge in [0.05, 0.1) is 6.54 Å². The molecule has 0 aliphatic heterocycles. The highest BCUT2D eigenvalue weighted by Gasteiger charge is 2.13. The van der Waals surface area contributed by atoms with Gasteiger partial charge in [-0.2, -0.15) is 0 Å². The lowest BCUT2D eigenvalue weighted by molar-refractivity contribution is -0.132. The molecule has 21 heavy (non-hydrogen) atoms. The Morgan fingerprint density at radius 2 is 2.19 bits per heavy atom. The van der Waals surface area contributed by atoms with Gasteiger partial charge in [0.15, 0.2) is 6.61 Å². The maximum absolute atomic E-state index is 12.1. The van der Waals surface area contributed by atoms with Crippen LogP contribution in [0.5, 0.6) is 5.75 Å². The predicted octanol–water partition coefficient (Wildman–Crippen LogP) is 0.916. The minimum atomic E-state index is -0.107. The van der Waals surface area contributed by atoms with E-state index in [1.807, 2.05) is 42.1 Å². The molecule has 0 fully saturated rings. The molecule has 0 aliphatic carbocycles. The summed E-state index contributed by atoms with van der Waals surface area (Å²) in [7, 11) is 3.63. The Morgan fingerprint density at radius 3 is 2.86 bits per heavy atom. The summed E-state index contributed by atoms with van der Waals surface area (Å²) < 4.78 is 7.45. The molecule has 0 bridgehead atoms. The fourth-order valence-electron chi connectivity index (χ4n) is 1.91. The standard InChI is InChI=1S/C15H20N4O2/c1-18-8-7-17-14(18)10-19(2)15(20)11-21-13-6-4-3-5-12(13)9-16/h3-8H,9-11,16H2,1-2H3. The topological polar surface area (TPSA) is 73.4 Å². The van der Waals surface area contributed by atoms with Gasteiger partial charge in [-0.05, 0) is 6.07 Å². The molecule has 0 saturated heterocycles. The van der Waals surface area contributed by atoms with Crippen molar-refractivity contribution in [2.45, 2.75) is 13.1 Å². The van der Waals surface area contributed by atoms with Crippen molar-refractivity contribution < 1.29 is 9.53 Å². The van der Waals surface area contributed by atoms with Gasteiger partial charge in [-0.15, -0.1) is 0 Å². The van der Waals surface area contributed by atoms with E-state index in [0.29, 0.717) is 18.8 Å². The fraction of sp³-hybridized carbons (Fsp3) is 0.333. The highest BCUT2D eigenvalue weighted by atomic mass is 16.5. The Labute approximate surface area is 124 Å². The van der Waals surface area contributed by atoms with Crippen molar-refractivity contribution in [1.82, 2.24) is 14.5 Å². The van der Waals surface area contributed by atoms with Gasteiger partial charge in [0.2, 0.25) is 0 Å². The Morgan fingerprint density at radius 1 is 1.43 bits per heavy atom. The number of benzene rings is 1. The first kappa shape index (κ1) is 15.1. The fourth-order valence-corrected chi connectivity index (χ4v) is 1.91. The van der Waals surface area contributed by atoms with E-state index in [2.05, 4.69) is 4.98 Å². The molecule has 6 nitrogen and oxygen atoms in total. The van der Waals surface area contributed by atoms with Gasteiger partial charge in [-0.25, -0.2) is 4.98 Å². The van der Waals surface area contributed by atoms with Crippen molar-refractivity contribution in [3.63, 3.8) is 0 Å². The second-order valence-corrected chi connectivity index (χ2v) is 4.80. The summed E-state index contributed by atoms with van der Waals surface area (Å²) in [5.74, 6) is 1.37. The molecule has 1 heterocycles. The third kappa shape index (κ3) is 3.82. The number of imidazole rings is 1. The van der Waals surface area contributed by atoms with Crippen LogP contribution >= 0.6 is 0 Å². The van der Waals surface area contributed by atoms with Crippen molar-refractivity contribution in [3.8, 4) is 5.75 Å². The Bertz CT molecular complexity index is 609. The average Bonchev–Trinajstić information content (AvgIpc) is 2.90. The van der Waals surface area contributed by atoms with Gasteiger partial charge in [0, 0.05) is 38.6 Å². The van der Waals surface area contributed by atoms with E-state index in [9.17, 15) is 4.79 Å². The zero-order valence-electron chi connectivity index (χ0n) is 12.3. The molecule has 0 atom stereocenters. The molecular weight excluding hydrogens is 268 g/mol. The van der Waals surface area contributed by atoms with Crippen LogP contribution in [0.1, 0.15) is 11.4 Å². The van der Waals surface area contributed by atoms with Crippen molar-refractivity contribution in [1.29, 1.82) is 0 Å². The highest BCUT2D eigenvalue weighted by Crippen LogP contribution is 2.17. The number of para-hydroxylation sites is 1. The average molecular weight is 288 g/mol. The lowest BCUT2D eigenvalue weighted by atomic mass is 10.2. The van der Waals surface area contributed by atoms with Gasteiger partial charge in [0.1, 0.15) is 11.6 Å². The number of hydrogen-bond donors (Lipinski definition) is 1. The maximum atomic E-state index is 12.1. The monoisotopic (exact) mass is 288 g/mol. The summed E-state index contributed by atoms with van der Waals surface area (Å²) in [6.07, 6.45) is 3.56. The smallest absolute Gasteiger partial charge is 0.260 e. The highest BCUT2D eigenvalue weighted by molar-refractivity contribution is 5.77.